The number of benzene rings is 2. The fraction of sp³-hybridized carbons (Fsp3) is 0.400. The number of esters is 1. The van der Waals surface area contributed by atoms with Crippen LogP contribution in [-0.4, -0.2) is 38.4 Å². The van der Waals surface area contributed by atoms with Crippen molar-refractivity contribution in [2.24, 2.45) is 5.92 Å². The molecule has 4 rings (SSSR count). The van der Waals surface area contributed by atoms with Crippen LogP contribution < -0.4 is 10.4 Å². The van der Waals surface area contributed by atoms with Crippen molar-refractivity contribution in [1.82, 2.24) is 0 Å². The summed E-state index contributed by atoms with van der Waals surface area (Å²) >= 11 is 0. The van der Waals surface area contributed by atoms with Crippen LogP contribution in [0.2, 0.25) is 5.04 Å². The van der Waals surface area contributed by atoms with E-state index in [0.29, 0.717) is 12.2 Å². The Morgan fingerprint density at radius 2 is 1.61 bits per heavy atom. The molecule has 3 atom stereocenters. The van der Waals surface area contributed by atoms with Gasteiger partial charge in [-0.2, -0.15) is 0 Å². The summed E-state index contributed by atoms with van der Waals surface area (Å²) in [5.41, 5.74) is -0.216. The van der Waals surface area contributed by atoms with Crippen molar-refractivity contribution in [3.8, 4) is 0 Å². The fourth-order valence-electron chi connectivity index (χ4n) is 5.60. The summed E-state index contributed by atoms with van der Waals surface area (Å²) < 4.78 is 18.6. The third-order valence-electron chi connectivity index (χ3n) is 7.33. The third kappa shape index (κ3) is 4.84. The van der Waals surface area contributed by atoms with Gasteiger partial charge in [-0.3, -0.25) is 9.59 Å². The van der Waals surface area contributed by atoms with Crippen LogP contribution in [0.5, 0.6) is 0 Å². The maximum atomic E-state index is 12.5. The third-order valence-corrected chi connectivity index (χ3v) is 12.3. The van der Waals surface area contributed by atoms with E-state index in [2.05, 4.69) is 51.6 Å². The van der Waals surface area contributed by atoms with Crippen LogP contribution in [0.4, 0.5) is 0 Å². The van der Waals surface area contributed by atoms with Crippen molar-refractivity contribution in [3.05, 3.63) is 84.7 Å². The molecule has 6 heteroatoms. The number of carbonyl (C=O) groups is 2. The largest absolute Gasteiger partial charge is 0.484 e. The van der Waals surface area contributed by atoms with E-state index in [1.165, 1.54) is 16.4 Å². The van der Waals surface area contributed by atoms with E-state index in [0.717, 1.165) is 5.57 Å². The zero-order valence-electron chi connectivity index (χ0n) is 21.9. The fourth-order valence-corrected chi connectivity index (χ4v) is 10.2. The summed E-state index contributed by atoms with van der Waals surface area (Å²) in [6, 6.07) is 20.8. The number of carbonyl (C=O) groups excluding carboxylic acids is 2. The lowest BCUT2D eigenvalue weighted by Gasteiger charge is -2.43. The summed E-state index contributed by atoms with van der Waals surface area (Å²) in [5.74, 6) is 0.00675. The maximum absolute atomic E-state index is 12.5. The van der Waals surface area contributed by atoms with Gasteiger partial charge < -0.3 is 13.9 Å². The highest BCUT2D eigenvalue weighted by atomic mass is 28.4. The average Bonchev–Trinajstić information content (AvgIpc) is 3.32. The number of hydrogen-bond donors (Lipinski definition) is 0. The zero-order chi connectivity index (χ0) is 26.1. The van der Waals surface area contributed by atoms with Crippen LogP contribution in [0.15, 0.2) is 84.7 Å². The minimum Gasteiger partial charge on any atom is -0.484 e. The predicted octanol–water partition coefficient (Wildman–Crippen LogP) is 4.70. The first-order valence-electron chi connectivity index (χ1n) is 12.5. The molecule has 190 valence electrons. The number of ether oxygens (including phenoxy) is 2. The van der Waals surface area contributed by atoms with E-state index in [1.807, 2.05) is 36.4 Å². The van der Waals surface area contributed by atoms with Crippen LogP contribution in [0.1, 0.15) is 47.5 Å². The van der Waals surface area contributed by atoms with Crippen LogP contribution >= 0.6 is 0 Å². The van der Waals surface area contributed by atoms with Gasteiger partial charge in [0.15, 0.2) is 5.60 Å². The Hall–Kier alpha value is -2.96. The molecule has 0 spiro atoms. The number of hydrogen-bond acceptors (Lipinski definition) is 5. The first-order chi connectivity index (χ1) is 17.0. The molecule has 2 aliphatic heterocycles. The van der Waals surface area contributed by atoms with Gasteiger partial charge >= 0.3 is 5.97 Å². The molecule has 0 bridgehead atoms. The summed E-state index contributed by atoms with van der Waals surface area (Å²) in [4.78, 5) is 25.0. The molecule has 0 amide bonds. The molecule has 1 saturated heterocycles. The van der Waals surface area contributed by atoms with Crippen molar-refractivity contribution >= 4 is 30.4 Å². The van der Waals surface area contributed by atoms with E-state index in [-0.39, 0.29) is 35.7 Å². The van der Waals surface area contributed by atoms with Gasteiger partial charge in [-0.15, -0.1) is 0 Å². The Labute approximate surface area is 215 Å². The van der Waals surface area contributed by atoms with Gasteiger partial charge in [0, 0.05) is 18.4 Å². The predicted molar refractivity (Wildman–Crippen MR) is 144 cm³/mol. The molecule has 0 unspecified atom stereocenters. The van der Waals surface area contributed by atoms with Crippen molar-refractivity contribution in [3.63, 3.8) is 0 Å². The second-order valence-corrected chi connectivity index (χ2v) is 15.4. The van der Waals surface area contributed by atoms with Crippen LogP contribution in [0, 0.1) is 5.92 Å². The second kappa shape index (κ2) is 9.83. The molecule has 2 aromatic carbocycles. The number of cyclic esters (lactones) is 1. The molecule has 36 heavy (non-hydrogen) atoms. The van der Waals surface area contributed by atoms with Gasteiger partial charge in [-0.1, -0.05) is 93.6 Å². The smallest absolute Gasteiger partial charge is 0.306 e. The molecule has 1 fully saturated rings. The molecule has 5 nitrogen and oxygen atoms in total. The Bertz CT molecular complexity index is 1130. The monoisotopic (exact) mass is 504 g/mol. The van der Waals surface area contributed by atoms with Gasteiger partial charge in [0.25, 0.3) is 8.32 Å². The lowest BCUT2D eigenvalue weighted by molar-refractivity contribution is -0.142. The van der Waals surface area contributed by atoms with E-state index >= 15 is 0 Å². The Morgan fingerprint density at radius 3 is 2.08 bits per heavy atom. The maximum Gasteiger partial charge on any atom is 0.306 e. The Balaban J connectivity index is 1.62. The van der Waals surface area contributed by atoms with Gasteiger partial charge in [0.1, 0.15) is 6.10 Å². The van der Waals surface area contributed by atoms with E-state index in [9.17, 15) is 9.59 Å². The summed E-state index contributed by atoms with van der Waals surface area (Å²) in [7, 11) is -2.78. The van der Waals surface area contributed by atoms with Crippen molar-refractivity contribution in [1.29, 1.82) is 0 Å². The standard InChI is InChI=1S/C30H36O5Si/c1-21(19-30(6)27(31)17-22(2)35-30)25-18-28(32)34-26(25)20-33-36(29(3,4)5,23-13-9-7-10-14-23)24-15-11-8-12-16-24/h7-17,25-26H,1,18-20H2,2-6H3/t25-,26-,30-/m1/s1. The van der Waals surface area contributed by atoms with Gasteiger partial charge in [-0.05, 0) is 29.3 Å². The van der Waals surface area contributed by atoms with Gasteiger partial charge in [-0.25, -0.2) is 0 Å². The normalized spacial score (nSPS) is 24.3. The van der Waals surface area contributed by atoms with E-state index in [4.69, 9.17) is 13.9 Å². The van der Waals surface area contributed by atoms with Crippen LogP contribution in [-0.2, 0) is 23.5 Å². The number of ketones is 1. The number of rotatable bonds is 8. The highest BCUT2D eigenvalue weighted by Crippen LogP contribution is 2.40. The van der Waals surface area contributed by atoms with Crippen LogP contribution in [0.3, 0.4) is 0 Å². The molecule has 0 radical (unpaired) electrons. The molecule has 0 aliphatic carbocycles. The van der Waals surface area contributed by atoms with Crippen LogP contribution in [0.25, 0.3) is 0 Å². The quantitative estimate of drug-likeness (QED) is 0.296. The number of allylic oxidation sites excluding steroid dienone is 1. The first kappa shape index (κ1) is 26.1. The van der Waals surface area contributed by atoms with Crippen molar-refractivity contribution in [2.45, 2.75) is 64.2 Å². The highest BCUT2D eigenvalue weighted by molar-refractivity contribution is 6.99. The molecule has 0 aromatic heterocycles. The Kier molecular flexibility index (Phi) is 7.13. The summed E-state index contributed by atoms with van der Waals surface area (Å²) in [5, 5.41) is 2.15. The topological polar surface area (TPSA) is 61.8 Å². The average molecular weight is 505 g/mol. The lowest BCUT2D eigenvalue weighted by Crippen LogP contribution is -2.67. The molecule has 0 saturated carbocycles. The van der Waals surface area contributed by atoms with E-state index < -0.39 is 20.0 Å². The minimum absolute atomic E-state index is 0.0773. The van der Waals surface area contributed by atoms with Crippen molar-refractivity contribution < 1.29 is 23.5 Å². The SMILES string of the molecule is C=C(C[C@@]1(C)OC(C)=CC1=O)[C@H]1CC(=O)O[C@@H]1CO[Si](c1ccccc1)(c1ccccc1)C(C)(C)C. The highest BCUT2D eigenvalue weighted by Gasteiger charge is 2.52. The zero-order valence-corrected chi connectivity index (χ0v) is 22.9. The molecular formula is C30H36O5Si. The molecular weight excluding hydrogens is 468 g/mol. The van der Waals surface area contributed by atoms with Gasteiger partial charge in [0.2, 0.25) is 5.78 Å². The lowest BCUT2D eigenvalue weighted by atomic mass is 9.84. The van der Waals surface area contributed by atoms with E-state index in [1.54, 1.807) is 13.8 Å². The minimum atomic E-state index is -2.78. The first-order valence-corrected chi connectivity index (χ1v) is 14.4. The second-order valence-electron chi connectivity index (χ2n) is 11.1. The molecule has 0 N–H and O–H groups in total. The molecule has 2 heterocycles. The summed E-state index contributed by atoms with van der Waals surface area (Å²) in [6.45, 7) is 14.7. The van der Waals surface area contributed by atoms with Gasteiger partial charge in [0.05, 0.1) is 18.8 Å². The Morgan fingerprint density at radius 1 is 1.06 bits per heavy atom. The molecule has 2 aromatic rings. The summed E-state index contributed by atoms with van der Waals surface area (Å²) in [6.07, 6.45) is 1.61. The van der Waals surface area contributed by atoms with Crippen molar-refractivity contribution in [2.75, 3.05) is 6.61 Å². The molecule has 2 aliphatic rings.